The molecule has 0 aromatic heterocycles. The van der Waals surface area contributed by atoms with Crippen molar-refractivity contribution < 1.29 is 10.0 Å². The van der Waals surface area contributed by atoms with Crippen LogP contribution in [0.5, 0.6) is 5.75 Å². The molecular formula is C14H13NO3S. The number of thioether (sulfide) groups is 1. The Balaban J connectivity index is 1.99. The van der Waals surface area contributed by atoms with Crippen LogP contribution >= 0.6 is 11.8 Å². The van der Waals surface area contributed by atoms with Crippen molar-refractivity contribution in [3.05, 3.63) is 69.8 Å². The molecule has 0 aliphatic rings. The lowest BCUT2D eigenvalue weighted by atomic mass is 10.2. The molecule has 0 saturated carbocycles. The molecule has 2 aromatic rings. The molecule has 2 aromatic carbocycles. The summed E-state index contributed by atoms with van der Waals surface area (Å²) in [4.78, 5) is 10.2. The summed E-state index contributed by atoms with van der Waals surface area (Å²) in [6.07, 6.45) is 0. The molecule has 0 saturated heterocycles. The molecule has 1 N–H and O–H groups in total. The second-order valence-corrected chi connectivity index (χ2v) is 5.03. The molecule has 0 amide bonds. The number of hydrogen-bond acceptors (Lipinski definition) is 4. The Bertz CT molecular complexity index is 572. The van der Waals surface area contributed by atoms with Crippen LogP contribution in [0.3, 0.4) is 0 Å². The molecule has 0 bridgehead atoms. The third kappa shape index (κ3) is 3.72. The fourth-order valence-electron chi connectivity index (χ4n) is 1.65. The van der Waals surface area contributed by atoms with E-state index in [1.54, 1.807) is 11.8 Å². The Morgan fingerprint density at radius 3 is 2.53 bits per heavy atom. The minimum atomic E-state index is -0.454. The van der Waals surface area contributed by atoms with Crippen molar-refractivity contribution in [2.75, 3.05) is 0 Å². The number of nitro groups is 1. The predicted octanol–water partition coefficient (Wildman–Crippen LogP) is 3.73. The molecular weight excluding hydrogens is 262 g/mol. The largest absolute Gasteiger partial charge is 0.508 e. The number of nitrogens with zero attached hydrogens (tertiary/aromatic N) is 1. The summed E-state index contributed by atoms with van der Waals surface area (Å²) in [5.74, 6) is 1.46. The first-order valence-electron chi connectivity index (χ1n) is 5.75. The summed E-state index contributed by atoms with van der Waals surface area (Å²) in [6, 6.07) is 14.1. The summed E-state index contributed by atoms with van der Waals surface area (Å²) in [6.45, 7) is 0. The molecule has 19 heavy (non-hydrogen) atoms. The zero-order valence-electron chi connectivity index (χ0n) is 10.2. The molecule has 0 aliphatic carbocycles. The minimum Gasteiger partial charge on any atom is -0.508 e. The van der Waals surface area contributed by atoms with Gasteiger partial charge in [0.1, 0.15) is 5.75 Å². The van der Waals surface area contributed by atoms with Gasteiger partial charge in [0, 0.05) is 29.2 Å². The molecule has 0 aliphatic heterocycles. The molecule has 4 nitrogen and oxygen atoms in total. The van der Waals surface area contributed by atoms with E-state index in [-0.39, 0.29) is 11.4 Å². The van der Waals surface area contributed by atoms with Gasteiger partial charge >= 0.3 is 0 Å². The number of rotatable bonds is 5. The maximum atomic E-state index is 10.7. The predicted molar refractivity (Wildman–Crippen MR) is 76.2 cm³/mol. The van der Waals surface area contributed by atoms with E-state index in [1.165, 1.54) is 23.8 Å². The van der Waals surface area contributed by atoms with Crippen LogP contribution < -0.4 is 0 Å². The molecule has 0 heterocycles. The minimum absolute atomic E-state index is 0.00751. The highest BCUT2D eigenvalue weighted by molar-refractivity contribution is 7.97. The summed E-state index contributed by atoms with van der Waals surface area (Å²) in [5.41, 5.74) is 1.79. The highest BCUT2D eigenvalue weighted by Gasteiger charge is 2.10. The van der Waals surface area contributed by atoms with Gasteiger partial charge in [-0.3, -0.25) is 10.1 Å². The summed E-state index contributed by atoms with van der Waals surface area (Å²) in [7, 11) is 0. The third-order valence-corrected chi connectivity index (χ3v) is 3.70. The average Bonchev–Trinajstić information content (AvgIpc) is 2.42. The first-order chi connectivity index (χ1) is 9.16. The van der Waals surface area contributed by atoms with Crippen molar-refractivity contribution in [2.45, 2.75) is 11.5 Å². The van der Waals surface area contributed by atoms with E-state index in [9.17, 15) is 15.2 Å². The first-order valence-corrected chi connectivity index (χ1v) is 6.90. The quantitative estimate of drug-likeness (QED) is 0.667. The first kappa shape index (κ1) is 13.4. The molecule has 0 radical (unpaired) electrons. The van der Waals surface area contributed by atoms with Gasteiger partial charge in [-0.2, -0.15) is 11.8 Å². The zero-order chi connectivity index (χ0) is 13.7. The number of benzene rings is 2. The van der Waals surface area contributed by atoms with E-state index in [0.29, 0.717) is 11.3 Å². The Morgan fingerprint density at radius 1 is 1.11 bits per heavy atom. The molecule has 0 unspecified atom stereocenters. The average molecular weight is 275 g/mol. The standard InChI is InChI=1S/C14H13NO3S/c16-14-7-6-13(15(17)18)8-12(14)10-19-9-11-4-2-1-3-5-11/h1-8,16H,9-10H2. The van der Waals surface area contributed by atoms with Crippen LogP contribution in [0, 0.1) is 10.1 Å². The van der Waals surface area contributed by atoms with Gasteiger partial charge in [-0.15, -0.1) is 0 Å². The number of phenols is 1. The van der Waals surface area contributed by atoms with Crippen LogP contribution in [0.15, 0.2) is 48.5 Å². The normalized spacial score (nSPS) is 10.3. The van der Waals surface area contributed by atoms with E-state index < -0.39 is 4.92 Å². The molecule has 98 valence electrons. The van der Waals surface area contributed by atoms with Gasteiger partial charge in [0.05, 0.1) is 4.92 Å². The topological polar surface area (TPSA) is 63.4 Å². The highest BCUT2D eigenvalue weighted by atomic mass is 32.2. The molecule has 0 fully saturated rings. The van der Waals surface area contributed by atoms with Crippen LogP contribution in [0.2, 0.25) is 0 Å². The van der Waals surface area contributed by atoms with Crippen molar-refractivity contribution >= 4 is 17.4 Å². The van der Waals surface area contributed by atoms with Gasteiger partial charge in [0.25, 0.3) is 5.69 Å². The lowest BCUT2D eigenvalue weighted by Gasteiger charge is -2.05. The number of non-ortho nitro benzene ring substituents is 1. The fraction of sp³-hybridized carbons (Fsp3) is 0.143. The number of aromatic hydroxyl groups is 1. The third-order valence-electron chi connectivity index (χ3n) is 2.64. The Kier molecular flexibility index (Phi) is 4.41. The number of nitro benzene ring substituents is 1. The van der Waals surface area contributed by atoms with Crippen LogP contribution in [0.25, 0.3) is 0 Å². The maximum Gasteiger partial charge on any atom is 0.270 e. The summed E-state index contributed by atoms with van der Waals surface area (Å²) >= 11 is 1.61. The van der Waals surface area contributed by atoms with Gasteiger partial charge in [-0.05, 0) is 11.6 Å². The summed E-state index contributed by atoms with van der Waals surface area (Å²) in [5, 5.41) is 20.4. The fourth-order valence-corrected chi connectivity index (χ4v) is 2.64. The van der Waals surface area contributed by atoms with Crippen molar-refractivity contribution in [1.29, 1.82) is 0 Å². The second-order valence-electron chi connectivity index (χ2n) is 4.05. The van der Waals surface area contributed by atoms with E-state index in [2.05, 4.69) is 0 Å². The lowest BCUT2D eigenvalue weighted by molar-refractivity contribution is -0.384. The van der Waals surface area contributed by atoms with Crippen LogP contribution in [0.4, 0.5) is 5.69 Å². The molecule has 0 spiro atoms. The maximum absolute atomic E-state index is 10.7. The van der Waals surface area contributed by atoms with Crippen molar-refractivity contribution in [3.8, 4) is 5.75 Å². The SMILES string of the molecule is O=[N+]([O-])c1ccc(O)c(CSCc2ccccc2)c1. The van der Waals surface area contributed by atoms with Crippen molar-refractivity contribution in [1.82, 2.24) is 0 Å². The Morgan fingerprint density at radius 2 is 1.84 bits per heavy atom. The second kappa shape index (κ2) is 6.24. The summed E-state index contributed by atoms with van der Waals surface area (Å²) < 4.78 is 0. The monoisotopic (exact) mass is 275 g/mol. The van der Waals surface area contributed by atoms with Crippen molar-refractivity contribution in [3.63, 3.8) is 0 Å². The number of phenolic OH excluding ortho intramolecular Hbond substituents is 1. The molecule has 5 heteroatoms. The van der Waals surface area contributed by atoms with E-state index in [0.717, 1.165) is 5.75 Å². The van der Waals surface area contributed by atoms with E-state index in [1.807, 2.05) is 30.3 Å². The van der Waals surface area contributed by atoms with Gasteiger partial charge in [-0.25, -0.2) is 0 Å². The zero-order valence-corrected chi connectivity index (χ0v) is 11.0. The molecule has 0 atom stereocenters. The Labute approximate surface area is 115 Å². The molecule has 2 rings (SSSR count). The van der Waals surface area contributed by atoms with Crippen LogP contribution in [-0.2, 0) is 11.5 Å². The van der Waals surface area contributed by atoms with Gasteiger partial charge in [-0.1, -0.05) is 30.3 Å². The lowest BCUT2D eigenvalue weighted by Crippen LogP contribution is -1.90. The van der Waals surface area contributed by atoms with Gasteiger partial charge < -0.3 is 5.11 Å². The van der Waals surface area contributed by atoms with Crippen LogP contribution in [-0.4, -0.2) is 10.0 Å². The van der Waals surface area contributed by atoms with Crippen LogP contribution in [0.1, 0.15) is 11.1 Å². The smallest absolute Gasteiger partial charge is 0.270 e. The van der Waals surface area contributed by atoms with Crippen molar-refractivity contribution in [2.24, 2.45) is 0 Å². The van der Waals surface area contributed by atoms with Gasteiger partial charge in [0.2, 0.25) is 0 Å². The number of hydrogen-bond donors (Lipinski definition) is 1. The Hall–Kier alpha value is -2.01. The highest BCUT2D eigenvalue weighted by Crippen LogP contribution is 2.27. The van der Waals surface area contributed by atoms with E-state index in [4.69, 9.17) is 0 Å². The van der Waals surface area contributed by atoms with Gasteiger partial charge in [0.15, 0.2) is 0 Å². The van der Waals surface area contributed by atoms with E-state index >= 15 is 0 Å².